The van der Waals surface area contributed by atoms with Crippen LogP contribution in [0.5, 0.6) is 0 Å². The highest BCUT2D eigenvalue weighted by atomic mass is 16.2. The fourth-order valence-corrected chi connectivity index (χ4v) is 1.84. The summed E-state index contributed by atoms with van der Waals surface area (Å²) in [6.07, 6.45) is 4.79. The zero-order valence-corrected chi connectivity index (χ0v) is 12.4. The molecule has 3 aromatic heterocycles. The number of pyridine rings is 1. The Kier molecular flexibility index (Phi) is 4.22. The number of anilines is 1. The summed E-state index contributed by atoms with van der Waals surface area (Å²) in [4.78, 5) is 18.9. The number of hydrogen-bond acceptors (Lipinski definition) is 7. The van der Waals surface area contributed by atoms with E-state index in [1.54, 1.807) is 12.4 Å². The van der Waals surface area contributed by atoms with Gasteiger partial charge in [0.2, 0.25) is 0 Å². The van der Waals surface area contributed by atoms with Crippen LogP contribution in [0.1, 0.15) is 23.1 Å². The predicted octanol–water partition coefficient (Wildman–Crippen LogP) is -0.0622. The van der Waals surface area contributed by atoms with Crippen molar-refractivity contribution in [2.45, 2.75) is 13.5 Å². The Labute approximate surface area is 131 Å². The van der Waals surface area contributed by atoms with Crippen LogP contribution in [0.4, 0.5) is 5.82 Å². The smallest absolute Gasteiger partial charge is 0.273 e. The van der Waals surface area contributed by atoms with E-state index < -0.39 is 0 Å². The molecule has 0 fully saturated rings. The van der Waals surface area contributed by atoms with Crippen molar-refractivity contribution in [3.8, 4) is 0 Å². The van der Waals surface area contributed by atoms with Gasteiger partial charge in [0.25, 0.3) is 5.91 Å². The van der Waals surface area contributed by atoms with Crippen molar-refractivity contribution in [2.24, 2.45) is 0 Å². The van der Waals surface area contributed by atoms with Gasteiger partial charge in [0.05, 0.1) is 24.6 Å². The van der Waals surface area contributed by atoms with E-state index >= 15 is 0 Å². The van der Waals surface area contributed by atoms with Crippen LogP contribution in [0.25, 0.3) is 0 Å². The highest BCUT2D eigenvalue weighted by Crippen LogP contribution is 2.01. The molecule has 0 aromatic carbocycles. The summed E-state index contributed by atoms with van der Waals surface area (Å²) >= 11 is 0. The molecule has 118 valence electrons. The second kappa shape index (κ2) is 6.64. The summed E-state index contributed by atoms with van der Waals surface area (Å²) in [6.45, 7) is 3.01. The molecule has 0 saturated heterocycles. The molecule has 0 saturated carbocycles. The molecular weight excluding hydrogens is 298 g/mol. The van der Waals surface area contributed by atoms with Crippen molar-refractivity contribution >= 4 is 11.7 Å². The number of nitrogens with zero attached hydrogens (tertiary/aromatic N) is 7. The Morgan fingerprint density at radius 3 is 2.78 bits per heavy atom. The lowest BCUT2D eigenvalue weighted by Crippen LogP contribution is -2.23. The van der Waals surface area contributed by atoms with Crippen molar-refractivity contribution < 1.29 is 4.79 Å². The van der Waals surface area contributed by atoms with Gasteiger partial charge in [-0.25, -0.2) is 0 Å². The van der Waals surface area contributed by atoms with E-state index in [0.717, 1.165) is 12.2 Å². The molecule has 0 aliphatic rings. The first-order chi connectivity index (χ1) is 11.3. The minimum Gasteiger partial charge on any atom is -0.367 e. The SMILES string of the molecule is CCNc1cn(-n2cc(C(=O)NCc3ccccn3)nn2)nn1. The van der Waals surface area contributed by atoms with Gasteiger partial charge in [0.15, 0.2) is 11.5 Å². The summed E-state index contributed by atoms with van der Waals surface area (Å²) in [5, 5.41) is 21.3. The van der Waals surface area contributed by atoms with Crippen LogP contribution in [0.3, 0.4) is 0 Å². The molecule has 10 nitrogen and oxygen atoms in total. The third-order valence-electron chi connectivity index (χ3n) is 2.92. The van der Waals surface area contributed by atoms with Crippen LogP contribution in [0.15, 0.2) is 36.8 Å². The zero-order chi connectivity index (χ0) is 16.1. The lowest BCUT2D eigenvalue weighted by atomic mass is 10.3. The van der Waals surface area contributed by atoms with E-state index in [0.29, 0.717) is 12.4 Å². The Hall–Kier alpha value is -3.30. The summed E-state index contributed by atoms with van der Waals surface area (Å²) in [5.74, 6) is 0.276. The van der Waals surface area contributed by atoms with Crippen LogP contribution in [0, 0.1) is 0 Å². The van der Waals surface area contributed by atoms with Gasteiger partial charge in [-0.05, 0) is 29.5 Å². The molecule has 0 aliphatic heterocycles. The molecule has 3 rings (SSSR count). The molecule has 0 spiro atoms. The van der Waals surface area contributed by atoms with Crippen LogP contribution in [0.2, 0.25) is 0 Å². The molecule has 1 amide bonds. The number of rotatable bonds is 6. The molecule has 23 heavy (non-hydrogen) atoms. The van der Waals surface area contributed by atoms with Gasteiger partial charge in [-0.3, -0.25) is 9.78 Å². The minimum atomic E-state index is -0.339. The first-order valence-corrected chi connectivity index (χ1v) is 7.03. The molecular formula is C13H15N9O. The Morgan fingerprint density at radius 2 is 2.00 bits per heavy atom. The maximum Gasteiger partial charge on any atom is 0.273 e. The molecule has 0 radical (unpaired) electrons. The third kappa shape index (κ3) is 3.48. The summed E-state index contributed by atoms with van der Waals surface area (Å²) < 4.78 is 0. The number of aromatic nitrogens is 7. The maximum atomic E-state index is 12.1. The average molecular weight is 313 g/mol. The normalized spacial score (nSPS) is 10.5. The quantitative estimate of drug-likeness (QED) is 0.655. The lowest BCUT2D eigenvalue weighted by molar-refractivity contribution is 0.0945. The maximum absolute atomic E-state index is 12.1. The molecule has 2 N–H and O–H groups in total. The van der Waals surface area contributed by atoms with Crippen molar-refractivity contribution in [1.29, 1.82) is 0 Å². The highest BCUT2D eigenvalue weighted by molar-refractivity contribution is 5.91. The van der Waals surface area contributed by atoms with Crippen LogP contribution >= 0.6 is 0 Å². The molecule has 3 aromatic rings. The first-order valence-electron chi connectivity index (χ1n) is 7.03. The zero-order valence-electron chi connectivity index (χ0n) is 12.4. The van der Waals surface area contributed by atoms with E-state index in [-0.39, 0.29) is 11.6 Å². The fourth-order valence-electron chi connectivity index (χ4n) is 1.84. The van der Waals surface area contributed by atoms with Gasteiger partial charge in [0.1, 0.15) is 0 Å². The predicted molar refractivity (Wildman–Crippen MR) is 80.4 cm³/mol. The van der Waals surface area contributed by atoms with Gasteiger partial charge in [-0.1, -0.05) is 6.07 Å². The largest absolute Gasteiger partial charge is 0.367 e. The van der Waals surface area contributed by atoms with E-state index in [2.05, 4.69) is 36.2 Å². The van der Waals surface area contributed by atoms with Crippen molar-refractivity contribution in [2.75, 3.05) is 11.9 Å². The van der Waals surface area contributed by atoms with Gasteiger partial charge in [0, 0.05) is 12.7 Å². The number of carbonyl (C=O) groups excluding carboxylic acids is 1. The summed E-state index contributed by atoms with van der Waals surface area (Å²) in [6, 6.07) is 5.50. The average Bonchev–Trinajstić information content (AvgIpc) is 3.23. The third-order valence-corrected chi connectivity index (χ3v) is 2.92. The van der Waals surface area contributed by atoms with Crippen molar-refractivity contribution in [3.63, 3.8) is 0 Å². The molecule has 0 atom stereocenters. The minimum absolute atomic E-state index is 0.182. The molecule has 0 unspecified atom stereocenters. The second-order valence-corrected chi connectivity index (χ2v) is 4.58. The number of nitrogens with one attached hydrogen (secondary N) is 2. The molecule has 0 bridgehead atoms. The van der Waals surface area contributed by atoms with E-state index in [9.17, 15) is 4.79 Å². The standard InChI is InChI=1S/C13H15N9O/c1-2-14-12-9-22(20-18-12)21-8-11(17-19-21)13(23)16-7-10-5-3-4-6-15-10/h3-6,8-9,14H,2,7H2,1H3,(H,16,23). The van der Waals surface area contributed by atoms with Gasteiger partial charge < -0.3 is 10.6 Å². The monoisotopic (exact) mass is 313 g/mol. The van der Waals surface area contributed by atoms with Crippen LogP contribution in [-0.4, -0.2) is 47.6 Å². The fraction of sp³-hybridized carbons (Fsp3) is 0.231. The van der Waals surface area contributed by atoms with Crippen molar-refractivity contribution in [1.82, 2.24) is 40.5 Å². The Morgan fingerprint density at radius 1 is 1.17 bits per heavy atom. The Bertz CT molecular complexity index is 780. The first kappa shape index (κ1) is 14.6. The second-order valence-electron chi connectivity index (χ2n) is 4.58. The number of amides is 1. The molecule has 3 heterocycles. The number of carbonyl (C=O) groups is 1. The van der Waals surface area contributed by atoms with Gasteiger partial charge >= 0.3 is 0 Å². The molecule has 0 aliphatic carbocycles. The van der Waals surface area contributed by atoms with Gasteiger partial charge in [-0.15, -0.1) is 19.8 Å². The highest BCUT2D eigenvalue weighted by Gasteiger charge is 2.12. The summed E-state index contributed by atoms with van der Waals surface area (Å²) in [5.41, 5.74) is 0.946. The number of hydrogen-bond donors (Lipinski definition) is 2. The van der Waals surface area contributed by atoms with E-state index in [1.807, 2.05) is 25.1 Å². The van der Waals surface area contributed by atoms with Crippen LogP contribution < -0.4 is 10.6 Å². The lowest BCUT2D eigenvalue weighted by Gasteiger charge is -2.01. The summed E-state index contributed by atoms with van der Waals surface area (Å²) in [7, 11) is 0. The Balaban J connectivity index is 1.64. The topological polar surface area (TPSA) is 115 Å². The van der Waals surface area contributed by atoms with Crippen LogP contribution in [-0.2, 0) is 6.54 Å². The van der Waals surface area contributed by atoms with Crippen molar-refractivity contribution in [3.05, 3.63) is 48.2 Å². The molecule has 10 heteroatoms. The van der Waals surface area contributed by atoms with E-state index in [4.69, 9.17) is 0 Å². The van der Waals surface area contributed by atoms with Gasteiger partial charge in [-0.2, -0.15) is 0 Å². The van der Waals surface area contributed by atoms with E-state index in [1.165, 1.54) is 15.8 Å².